The molecule has 6 heteroatoms. The lowest BCUT2D eigenvalue weighted by Gasteiger charge is -2.38. The minimum Gasteiger partial charge on any atom is -0.380 e. The van der Waals surface area contributed by atoms with Gasteiger partial charge in [0.1, 0.15) is 5.82 Å². The van der Waals surface area contributed by atoms with E-state index in [4.69, 9.17) is 5.26 Å². The van der Waals surface area contributed by atoms with Crippen LogP contribution in [0.4, 0.5) is 17.6 Å². The third-order valence-corrected chi connectivity index (χ3v) is 4.49. The van der Waals surface area contributed by atoms with Gasteiger partial charge in [0.25, 0.3) is 0 Å². The first kappa shape index (κ1) is 19.9. The van der Waals surface area contributed by atoms with Gasteiger partial charge in [-0.15, -0.1) is 0 Å². The van der Waals surface area contributed by atoms with Gasteiger partial charge in [-0.1, -0.05) is 44.2 Å². The Bertz CT molecular complexity index is 823. The van der Waals surface area contributed by atoms with Gasteiger partial charge in [0.15, 0.2) is 5.60 Å². The van der Waals surface area contributed by atoms with Crippen molar-refractivity contribution in [1.82, 2.24) is 0 Å². The van der Waals surface area contributed by atoms with E-state index in [0.29, 0.717) is 5.56 Å². The van der Waals surface area contributed by atoms with Crippen molar-refractivity contribution in [2.24, 2.45) is 0 Å². The van der Waals surface area contributed by atoms with Gasteiger partial charge >= 0.3 is 6.18 Å². The first-order chi connectivity index (χ1) is 12.0. The highest BCUT2D eigenvalue weighted by atomic mass is 19.4. The van der Waals surface area contributed by atoms with E-state index in [1.54, 1.807) is 6.07 Å². The molecule has 26 heavy (non-hydrogen) atoms. The Balaban J connectivity index is 2.43. The van der Waals surface area contributed by atoms with E-state index < -0.39 is 35.9 Å². The molecule has 0 bridgehead atoms. The number of benzene rings is 2. The van der Waals surface area contributed by atoms with Gasteiger partial charge in [0.05, 0.1) is 11.6 Å². The summed E-state index contributed by atoms with van der Waals surface area (Å²) in [6.45, 7) is 3.05. The summed E-state index contributed by atoms with van der Waals surface area (Å²) >= 11 is 0. The van der Waals surface area contributed by atoms with Crippen LogP contribution in [-0.4, -0.2) is 16.9 Å². The van der Waals surface area contributed by atoms with Crippen LogP contribution < -0.4 is 0 Å². The second kappa shape index (κ2) is 7.08. The van der Waals surface area contributed by atoms with Crippen molar-refractivity contribution in [3.05, 3.63) is 71.0 Å². The third kappa shape index (κ3) is 4.23. The minimum atomic E-state index is -4.92. The van der Waals surface area contributed by atoms with Gasteiger partial charge in [0.2, 0.25) is 0 Å². The molecule has 0 amide bonds. The average Bonchev–Trinajstić information content (AvgIpc) is 2.54. The molecule has 0 aliphatic rings. The minimum absolute atomic E-state index is 0.0822. The number of nitrogens with zero attached hydrogens (tertiary/aromatic N) is 1. The molecule has 138 valence electrons. The summed E-state index contributed by atoms with van der Waals surface area (Å²) in [6, 6.07) is 13.0. The molecule has 0 fully saturated rings. The monoisotopic (exact) mass is 365 g/mol. The van der Waals surface area contributed by atoms with Gasteiger partial charge in [0, 0.05) is 6.42 Å². The van der Waals surface area contributed by atoms with Crippen LogP contribution in [0.5, 0.6) is 0 Å². The lowest BCUT2D eigenvalue weighted by atomic mass is 9.73. The number of aliphatic hydroxyl groups is 1. The van der Waals surface area contributed by atoms with E-state index in [9.17, 15) is 22.7 Å². The standard InChI is InChI=1S/C20H19F4NO/c1-18(2,16-8-5-9-17(21)10-16)13-19(26,20(22,23)24)11-14-6-3-4-7-15(14)12-25/h3-10,26H,11,13H2,1-2H3. The van der Waals surface area contributed by atoms with Crippen molar-refractivity contribution in [1.29, 1.82) is 5.26 Å². The molecule has 1 atom stereocenters. The molecular formula is C20H19F4NO. The Kier molecular flexibility index (Phi) is 5.43. The molecule has 0 heterocycles. The van der Waals surface area contributed by atoms with E-state index in [1.807, 2.05) is 6.07 Å². The van der Waals surface area contributed by atoms with Crippen molar-refractivity contribution >= 4 is 0 Å². The van der Waals surface area contributed by atoms with Gasteiger partial charge in [-0.2, -0.15) is 18.4 Å². The number of rotatable bonds is 5. The summed E-state index contributed by atoms with van der Waals surface area (Å²) in [5, 5.41) is 19.7. The van der Waals surface area contributed by atoms with E-state index >= 15 is 0 Å². The molecule has 0 saturated heterocycles. The quantitative estimate of drug-likeness (QED) is 0.766. The van der Waals surface area contributed by atoms with Crippen LogP contribution >= 0.6 is 0 Å². The van der Waals surface area contributed by atoms with Gasteiger partial charge in [-0.25, -0.2) is 4.39 Å². The zero-order valence-electron chi connectivity index (χ0n) is 14.4. The summed E-state index contributed by atoms with van der Waals surface area (Å²) < 4.78 is 54.7. The molecule has 2 aromatic carbocycles. The van der Waals surface area contributed by atoms with Crippen molar-refractivity contribution in [2.45, 2.75) is 43.9 Å². The molecule has 1 N–H and O–H groups in total. The SMILES string of the molecule is CC(C)(CC(O)(Cc1ccccc1C#N)C(F)(F)F)c1cccc(F)c1. The number of nitriles is 1. The van der Waals surface area contributed by atoms with Crippen LogP contribution in [0.15, 0.2) is 48.5 Å². The molecule has 0 aliphatic heterocycles. The smallest absolute Gasteiger partial charge is 0.380 e. The second-order valence-electron chi connectivity index (χ2n) is 7.05. The van der Waals surface area contributed by atoms with Crippen LogP contribution in [0.1, 0.15) is 37.0 Å². The summed E-state index contributed by atoms with van der Waals surface area (Å²) in [5.74, 6) is -0.555. The maximum atomic E-state index is 13.7. The molecule has 0 radical (unpaired) electrons. The average molecular weight is 365 g/mol. The molecule has 2 rings (SSSR count). The normalized spacial score (nSPS) is 14.5. The molecule has 0 aliphatic carbocycles. The molecule has 0 spiro atoms. The molecule has 2 aromatic rings. The van der Waals surface area contributed by atoms with E-state index in [2.05, 4.69) is 0 Å². The molecule has 0 saturated carbocycles. The molecular weight excluding hydrogens is 346 g/mol. The molecule has 1 unspecified atom stereocenters. The second-order valence-corrected chi connectivity index (χ2v) is 7.05. The zero-order valence-corrected chi connectivity index (χ0v) is 14.4. The third-order valence-electron chi connectivity index (χ3n) is 4.49. The highest BCUT2D eigenvalue weighted by Gasteiger charge is 2.55. The summed E-state index contributed by atoms with van der Waals surface area (Å²) in [7, 11) is 0. The Morgan fingerprint density at radius 2 is 1.69 bits per heavy atom. The van der Waals surface area contributed by atoms with E-state index in [1.165, 1.54) is 56.3 Å². The highest BCUT2D eigenvalue weighted by Crippen LogP contribution is 2.43. The lowest BCUT2D eigenvalue weighted by Crippen LogP contribution is -2.51. The summed E-state index contributed by atoms with van der Waals surface area (Å²) in [6.07, 6.45) is -6.34. The topological polar surface area (TPSA) is 44.0 Å². The predicted octanol–water partition coefficient (Wildman–Crippen LogP) is 4.90. The van der Waals surface area contributed by atoms with Crippen LogP contribution in [0.2, 0.25) is 0 Å². The van der Waals surface area contributed by atoms with Crippen LogP contribution in [-0.2, 0) is 11.8 Å². The fraction of sp³-hybridized carbons (Fsp3) is 0.350. The van der Waals surface area contributed by atoms with E-state index in [0.717, 1.165) is 0 Å². The maximum Gasteiger partial charge on any atom is 0.417 e. The fourth-order valence-corrected chi connectivity index (χ4v) is 3.10. The Morgan fingerprint density at radius 1 is 1.04 bits per heavy atom. The number of hydrogen-bond donors (Lipinski definition) is 1. The van der Waals surface area contributed by atoms with Crippen molar-refractivity contribution in [3.8, 4) is 6.07 Å². The first-order valence-electron chi connectivity index (χ1n) is 8.02. The maximum absolute atomic E-state index is 13.7. The first-order valence-corrected chi connectivity index (χ1v) is 8.02. The van der Waals surface area contributed by atoms with Crippen molar-refractivity contribution in [3.63, 3.8) is 0 Å². The van der Waals surface area contributed by atoms with Crippen molar-refractivity contribution < 1.29 is 22.7 Å². The Morgan fingerprint density at radius 3 is 2.27 bits per heavy atom. The largest absolute Gasteiger partial charge is 0.417 e. The Hall–Kier alpha value is -2.39. The van der Waals surface area contributed by atoms with Gasteiger partial charge in [-0.05, 0) is 41.2 Å². The Labute approximate surface area is 149 Å². The van der Waals surface area contributed by atoms with E-state index in [-0.39, 0.29) is 11.1 Å². The van der Waals surface area contributed by atoms with Crippen LogP contribution in [0, 0.1) is 17.1 Å². The molecule has 0 aromatic heterocycles. The summed E-state index contributed by atoms with van der Waals surface area (Å²) in [5.41, 5.74) is -3.65. The predicted molar refractivity (Wildman–Crippen MR) is 89.9 cm³/mol. The number of hydrogen-bond acceptors (Lipinski definition) is 2. The van der Waals surface area contributed by atoms with Gasteiger partial charge < -0.3 is 5.11 Å². The van der Waals surface area contributed by atoms with Crippen molar-refractivity contribution in [2.75, 3.05) is 0 Å². The lowest BCUT2D eigenvalue weighted by molar-refractivity contribution is -0.266. The highest BCUT2D eigenvalue weighted by molar-refractivity contribution is 5.38. The van der Waals surface area contributed by atoms with Crippen LogP contribution in [0.25, 0.3) is 0 Å². The van der Waals surface area contributed by atoms with Gasteiger partial charge in [-0.3, -0.25) is 0 Å². The number of halogens is 4. The zero-order chi connectivity index (χ0) is 19.6. The fourth-order valence-electron chi connectivity index (χ4n) is 3.10. The van der Waals surface area contributed by atoms with Crippen LogP contribution in [0.3, 0.4) is 0 Å². The number of alkyl halides is 3. The summed E-state index contributed by atoms with van der Waals surface area (Å²) in [4.78, 5) is 0. The molecule has 2 nitrogen and oxygen atoms in total.